The first kappa shape index (κ1) is 18.1. The van der Waals surface area contributed by atoms with E-state index in [2.05, 4.69) is 21.7 Å². The van der Waals surface area contributed by atoms with Gasteiger partial charge in [-0.25, -0.2) is 21.7 Å². The molecule has 0 spiro atoms. The van der Waals surface area contributed by atoms with Crippen LogP contribution >= 0.6 is 0 Å². The summed E-state index contributed by atoms with van der Waals surface area (Å²) in [7, 11) is 0. The maximum Gasteiger partial charge on any atom is 0.426 e. The Balaban J connectivity index is 1.25. The SMILES string of the molecule is CC1(c2ccc(OCCOc3ccc(C4(C(F)(F)F)NN4)cc3)cc2)NN1. The monoisotopic (exact) mass is 380 g/mol. The Labute approximate surface area is 154 Å². The van der Waals surface area contributed by atoms with E-state index >= 15 is 0 Å². The Morgan fingerprint density at radius 3 is 1.56 bits per heavy atom. The largest absolute Gasteiger partial charge is 0.490 e. The number of hydrazine groups is 2. The van der Waals surface area contributed by atoms with Crippen LogP contribution in [0.4, 0.5) is 13.2 Å². The minimum absolute atomic E-state index is 0.0898. The van der Waals surface area contributed by atoms with Gasteiger partial charge in [0.05, 0.1) is 0 Å². The third-order valence-electron chi connectivity index (χ3n) is 4.64. The zero-order chi connectivity index (χ0) is 19.1. The summed E-state index contributed by atoms with van der Waals surface area (Å²) in [6, 6.07) is 13.5. The van der Waals surface area contributed by atoms with E-state index < -0.39 is 11.8 Å². The van der Waals surface area contributed by atoms with E-state index in [-0.39, 0.29) is 17.8 Å². The smallest absolute Gasteiger partial charge is 0.426 e. The molecule has 4 rings (SSSR count). The van der Waals surface area contributed by atoms with Crippen LogP contribution in [0, 0.1) is 0 Å². The minimum atomic E-state index is -4.41. The number of benzene rings is 2. The molecule has 2 aromatic carbocycles. The number of hydrogen-bond acceptors (Lipinski definition) is 6. The Hall–Kier alpha value is -2.33. The molecule has 0 radical (unpaired) electrons. The first-order valence-electron chi connectivity index (χ1n) is 8.45. The van der Waals surface area contributed by atoms with E-state index in [0.717, 1.165) is 11.3 Å². The number of ether oxygens (including phenoxy) is 2. The van der Waals surface area contributed by atoms with Crippen LogP contribution < -0.4 is 31.2 Å². The molecule has 9 heteroatoms. The van der Waals surface area contributed by atoms with E-state index in [9.17, 15) is 13.2 Å². The topological polar surface area (TPSA) is 106 Å². The normalized spacial score (nSPS) is 19.4. The van der Waals surface area contributed by atoms with Gasteiger partial charge in [-0.15, -0.1) is 0 Å². The third kappa shape index (κ3) is 3.59. The minimum Gasteiger partial charge on any atom is -0.490 e. The van der Waals surface area contributed by atoms with Crippen molar-refractivity contribution in [2.45, 2.75) is 24.4 Å². The molecule has 4 N–H and O–H groups in total. The number of rotatable bonds is 7. The maximum atomic E-state index is 13.0. The fourth-order valence-electron chi connectivity index (χ4n) is 2.76. The maximum absolute atomic E-state index is 13.0. The predicted molar refractivity (Wildman–Crippen MR) is 91.5 cm³/mol. The lowest BCUT2D eigenvalue weighted by atomic mass is 10.0. The summed E-state index contributed by atoms with van der Waals surface area (Å²) in [5.74, 6) is 1.20. The molecule has 0 saturated carbocycles. The molecule has 6 nitrogen and oxygen atoms in total. The molecule has 2 aliphatic heterocycles. The summed E-state index contributed by atoms with van der Waals surface area (Å²) in [5, 5.41) is 0. The molecular formula is C18H19F3N4O2. The second-order valence-corrected chi connectivity index (χ2v) is 6.62. The molecule has 2 aliphatic rings. The van der Waals surface area contributed by atoms with E-state index in [1.54, 1.807) is 0 Å². The van der Waals surface area contributed by atoms with Crippen LogP contribution in [0.15, 0.2) is 48.5 Å². The van der Waals surface area contributed by atoms with Crippen molar-refractivity contribution in [2.75, 3.05) is 13.2 Å². The van der Waals surface area contributed by atoms with E-state index in [0.29, 0.717) is 12.4 Å². The highest BCUT2D eigenvalue weighted by molar-refractivity contribution is 5.35. The highest BCUT2D eigenvalue weighted by atomic mass is 19.4. The second kappa shape index (κ2) is 6.38. The van der Waals surface area contributed by atoms with Gasteiger partial charge in [0, 0.05) is 0 Å². The van der Waals surface area contributed by atoms with E-state index in [4.69, 9.17) is 9.47 Å². The van der Waals surface area contributed by atoms with Gasteiger partial charge in [-0.2, -0.15) is 13.2 Å². The van der Waals surface area contributed by atoms with Crippen LogP contribution in [0.3, 0.4) is 0 Å². The summed E-state index contributed by atoms with van der Waals surface area (Å²) in [6.07, 6.45) is -4.41. The van der Waals surface area contributed by atoms with E-state index in [1.165, 1.54) is 24.3 Å². The molecule has 2 heterocycles. The quantitative estimate of drug-likeness (QED) is 0.434. The van der Waals surface area contributed by atoms with Gasteiger partial charge in [0.1, 0.15) is 30.4 Å². The number of hydrogen-bond donors (Lipinski definition) is 4. The molecule has 0 unspecified atom stereocenters. The van der Waals surface area contributed by atoms with Crippen molar-refractivity contribution in [2.24, 2.45) is 0 Å². The zero-order valence-corrected chi connectivity index (χ0v) is 14.5. The lowest BCUT2D eigenvalue weighted by molar-refractivity contribution is -0.165. The molecule has 0 bridgehead atoms. The summed E-state index contributed by atoms with van der Waals surface area (Å²) in [4.78, 5) is 0. The van der Waals surface area contributed by atoms with Crippen molar-refractivity contribution >= 4 is 0 Å². The summed E-state index contributed by atoms with van der Waals surface area (Å²) in [6.45, 7) is 2.64. The molecule has 2 saturated heterocycles. The van der Waals surface area contributed by atoms with Crippen molar-refractivity contribution in [1.82, 2.24) is 21.7 Å². The second-order valence-electron chi connectivity index (χ2n) is 6.62. The molecule has 0 aliphatic carbocycles. The first-order chi connectivity index (χ1) is 12.8. The van der Waals surface area contributed by atoms with Gasteiger partial charge in [0.15, 0.2) is 0 Å². The molecule has 0 aromatic heterocycles. The first-order valence-corrected chi connectivity index (χ1v) is 8.45. The molecule has 2 fully saturated rings. The van der Waals surface area contributed by atoms with Crippen LogP contribution in [-0.2, 0) is 11.3 Å². The standard InChI is InChI=1S/C18H19F3N4O2/c1-16(22-23-16)12-2-6-14(7-3-12)26-10-11-27-15-8-4-13(5-9-15)17(24-25-17)18(19,20)21/h2-9,22-25H,10-11H2,1H3. The molecule has 0 atom stereocenters. The number of nitrogens with one attached hydrogen (secondary N) is 4. The third-order valence-corrected chi connectivity index (χ3v) is 4.64. The van der Waals surface area contributed by atoms with E-state index in [1.807, 2.05) is 31.2 Å². The molecular weight excluding hydrogens is 361 g/mol. The lowest BCUT2D eigenvalue weighted by Crippen LogP contribution is -2.34. The fraction of sp³-hybridized carbons (Fsp3) is 0.333. The number of halogens is 3. The highest BCUT2D eigenvalue weighted by Gasteiger charge is 2.65. The van der Waals surface area contributed by atoms with Crippen molar-refractivity contribution < 1.29 is 22.6 Å². The summed E-state index contributed by atoms with van der Waals surface area (Å²) >= 11 is 0. The Morgan fingerprint density at radius 1 is 0.741 bits per heavy atom. The van der Waals surface area contributed by atoms with Crippen LogP contribution in [0.2, 0.25) is 0 Å². The van der Waals surface area contributed by atoms with Crippen molar-refractivity contribution in [3.63, 3.8) is 0 Å². The molecule has 2 aromatic rings. The van der Waals surface area contributed by atoms with Gasteiger partial charge >= 0.3 is 6.18 Å². The Bertz CT molecular complexity index is 801. The van der Waals surface area contributed by atoms with Crippen molar-refractivity contribution in [1.29, 1.82) is 0 Å². The van der Waals surface area contributed by atoms with Gasteiger partial charge in [0.25, 0.3) is 0 Å². The molecule has 144 valence electrons. The van der Waals surface area contributed by atoms with Crippen molar-refractivity contribution in [3.8, 4) is 11.5 Å². The average Bonchev–Trinajstić information content (AvgIpc) is 3.55. The molecule has 0 amide bonds. The van der Waals surface area contributed by atoms with Crippen LogP contribution in [0.25, 0.3) is 0 Å². The highest BCUT2D eigenvalue weighted by Crippen LogP contribution is 2.42. The van der Waals surface area contributed by atoms with Gasteiger partial charge in [0.2, 0.25) is 5.66 Å². The van der Waals surface area contributed by atoms with Gasteiger partial charge < -0.3 is 9.47 Å². The van der Waals surface area contributed by atoms with Gasteiger partial charge in [-0.1, -0.05) is 24.3 Å². The van der Waals surface area contributed by atoms with Crippen LogP contribution in [0.1, 0.15) is 18.1 Å². The molecule has 27 heavy (non-hydrogen) atoms. The Morgan fingerprint density at radius 2 is 1.19 bits per heavy atom. The fourth-order valence-corrected chi connectivity index (χ4v) is 2.76. The predicted octanol–water partition coefficient (Wildman–Crippen LogP) is 2.25. The zero-order valence-electron chi connectivity index (χ0n) is 14.5. The van der Waals surface area contributed by atoms with Crippen LogP contribution in [0.5, 0.6) is 11.5 Å². The summed E-state index contributed by atoms with van der Waals surface area (Å²) < 4.78 is 50.2. The summed E-state index contributed by atoms with van der Waals surface area (Å²) in [5.41, 5.74) is 9.35. The van der Waals surface area contributed by atoms with Gasteiger partial charge in [-0.3, -0.25) is 0 Å². The van der Waals surface area contributed by atoms with Gasteiger partial charge in [-0.05, 0) is 42.3 Å². The average molecular weight is 380 g/mol. The van der Waals surface area contributed by atoms with Crippen LogP contribution in [-0.4, -0.2) is 19.4 Å². The lowest BCUT2D eigenvalue weighted by Gasteiger charge is -2.16. The number of alkyl halides is 3. The van der Waals surface area contributed by atoms with Crippen molar-refractivity contribution in [3.05, 3.63) is 59.7 Å². The Kier molecular flexibility index (Phi) is 4.26.